The van der Waals surface area contributed by atoms with Crippen molar-refractivity contribution >= 4 is 27.0 Å². The van der Waals surface area contributed by atoms with Crippen LogP contribution >= 0.6 is 0 Å². The molecule has 9 heteroatoms. The number of carbonyl (C=O) groups excluding carboxylic acids is 1. The van der Waals surface area contributed by atoms with E-state index in [1.165, 1.54) is 35.7 Å². The zero-order chi connectivity index (χ0) is 21.5. The molecule has 5 fully saturated rings. The lowest BCUT2D eigenvalue weighted by atomic mass is 9.53. The predicted octanol–water partition coefficient (Wildman–Crippen LogP) is 3.09. The molecule has 166 valence electrons. The molecular formula is C22H27FN4O3S. The summed E-state index contributed by atoms with van der Waals surface area (Å²) in [4.78, 5) is 12.6. The number of amides is 1. The van der Waals surface area contributed by atoms with Crippen LogP contribution in [0.15, 0.2) is 12.1 Å². The van der Waals surface area contributed by atoms with Crippen molar-refractivity contribution in [3.8, 4) is 0 Å². The van der Waals surface area contributed by atoms with Crippen molar-refractivity contribution in [2.75, 3.05) is 13.1 Å². The van der Waals surface area contributed by atoms with Gasteiger partial charge < -0.3 is 0 Å². The highest BCUT2D eigenvalue weighted by molar-refractivity contribution is 7.87. The minimum absolute atomic E-state index is 0.0572. The first-order valence-corrected chi connectivity index (χ1v) is 12.7. The Balaban J connectivity index is 1.38. The molecule has 4 saturated carbocycles. The number of hydrogen-bond donors (Lipinski definition) is 1. The normalized spacial score (nSPS) is 32.4. The molecule has 0 unspecified atom stereocenters. The van der Waals surface area contributed by atoms with Crippen LogP contribution in [0, 0.1) is 30.5 Å². The Labute approximate surface area is 181 Å². The summed E-state index contributed by atoms with van der Waals surface area (Å²) in [6.07, 6.45) is 7.95. The number of carbonyl (C=O) groups is 1. The van der Waals surface area contributed by atoms with E-state index in [9.17, 15) is 13.2 Å². The second-order valence-electron chi connectivity index (χ2n) is 10.2. The number of halogens is 1. The number of hydrogen-bond acceptors (Lipinski definition) is 4. The van der Waals surface area contributed by atoms with Crippen LogP contribution in [-0.4, -0.2) is 41.5 Å². The van der Waals surface area contributed by atoms with Crippen molar-refractivity contribution in [1.29, 1.82) is 0 Å². The Morgan fingerprint density at radius 2 is 1.74 bits per heavy atom. The first-order chi connectivity index (χ1) is 14.7. The molecule has 1 amide bonds. The molecule has 5 aliphatic rings. The van der Waals surface area contributed by atoms with E-state index in [0.717, 1.165) is 49.1 Å². The van der Waals surface area contributed by atoms with Gasteiger partial charge in [-0.3, -0.25) is 9.48 Å². The van der Waals surface area contributed by atoms with Crippen molar-refractivity contribution in [2.45, 2.75) is 57.4 Å². The molecule has 2 heterocycles. The molecule has 7 rings (SSSR count). The van der Waals surface area contributed by atoms with Gasteiger partial charge in [-0.15, -0.1) is 0 Å². The molecule has 1 aromatic carbocycles. The average Bonchev–Trinajstić information content (AvgIpc) is 2.94. The average molecular weight is 447 g/mol. The van der Waals surface area contributed by atoms with E-state index >= 15 is 4.39 Å². The highest BCUT2D eigenvalue weighted by Crippen LogP contribution is 2.59. The Morgan fingerprint density at radius 1 is 1.13 bits per heavy atom. The van der Waals surface area contributed by atoms with Gasteiger partial charge in [-0.2, -0.15) is 17.8 Å². The number of aromatic nitrogens is 2. The van der Waals surface area contributed by atoms with E-state index in [-0.39, 0.29) is 11.1 Å². The summed E-state index contributed by atoms with van der Waals surface area (Å²) >= 11 is 0. The van der Waals surface area contributed by atoms with E-state index in [1.807, 2.05) is 16.3 Å². The van der Waals surface area contributed by atoms with E-state index in [4.69, 9.17) is 5.10 Å². The van der Waals surface area contributed by atoms with Gasteiger partial charge >= 0.3 is 10.2 Å². The molecular weight excluding hydrogens is 419 g/mol. The number of benzene rings is 1. The summed E-state index contributed by atoms with van der Waals surface area (Å²) in [5, 5.41) is 5.55. The van der Waals surface area contributed by atoms with E-state index < -0.39 is 21.9 Å². The zero-order valence-electron chi connectivity index (χ0n) is 17.6. The quantitative estimate of drug-likeness (QED) is 0.782. The molecule has 0 spiro atoms. The number of aryl methyl sites for hydroxylation is 1. The van der Waals surface area contributed by atoms with Crippen molar-refractivity contribution in [3.05, 3.63) is 29.2 Å². The van der Waals surface area contributed by atoms with Crippen LogP contribution in [0.1, 0.15) is 61.0 Å². The summed E-state index contributed by atoms with van der Waals surface area (Å²) in [5.41, 5.74) is 1.13. The van der Waals surface area contributed by atoms with Crippen molar-refractivity contribution < 1.29 is 17.6 Å². The topological polar surface area (TPSA) is 84.3 Å². The lowest BCUT2D eigenvalue weighted by molar-refractivity contribution is -0.0471. The molecule has 7 nitrogen and oxygen atoms in total. The van der Waals surface area contributed by atoms with Crippen molar-refractivity contribution in [1.82, 2.24) is 18.8 Å². The van der Waals surface area contributed by atoms with Crippen LogP contribution in [0.25, 0.3) is 10.9 Å². The van der Waals surface area contributed by atoms with Crippen LogP contribution in [0.2, 0.25) is 0 Å². The van der Waals surface area contributed by atoms with E-state index in [0.29, 0.717) is 24.0 Å². The summed E-state index contributed by atoms with van der Waals surface area (Å²) < 4.78 is 44.8. The third-order valence-corrected chi connectivity index (χ3v) is 9.52. The molecule has 0 radical (unpaired) electrons. The Kier molecular flexibility index (Phi) is 4.13. The minimum Gasteiger partial charge on any atom is -0.268 e. The molecule has 2 aromatic rings. The third-order valence-electron chi connectivity index (χ3n) is 8.03. The largest absolute Gasteiger partial charge is 0.304 e. The number of rotatable bonds is 4. The number of nitrogens with one attached hydrogen (secondary N) is 1. The maximum atomic E-state index is 15.1. The molecule has 4 aliphatic carbocycles. The van der Waals surface area contributed by atoms with Gasteiger partial charge in [0.05, 0.1) is 22.3 Å². The summed E-state index contributed by atoms with van der Waals surface area (Å²) in [7, 11) is -3.93. The molecule has 1 aromatic heterocycles. The third kappa shape index (κ3) is 2.96. The highest BCUT2D eigenvalue weighted by Gasteiger charge is 2.53. The Bertz CT molecular complexity index is 1170. The lowest BCUT2D eigenvalue weighted by Crippen LogP contribution is -2.52. The maximum absolute atomic E-state index is 15.1. The fraction of sp³-hybridized carbons (Fsp3) is 0.636. The lowest BCUT2D eigenvalue weighted by Gasteiger charge is -2.56. The molecule has 0 atom stereocenters. The minimum atomic E-state index is -3.93. The van der Waals surface area contributed by atoms with Gasteiger partial charge in [0.2, 0.25) is 0 Å². The first-order valence-electron chi connectivity index (χ1n) is 11.3. The van der Waals surface area contributed by atoms with Crippen LogP contribution < -0.4 is 4.72 Å². The van der Waals surface area contributed by atoms with Crippen LogP contribution in [0.4, 0.5) is 4.39 Å². The van der Waals surface area contributed by atoms with Gasteiger partial charge in [-0.1, -0.05) is 0 Å². The summed E-state index contributed by atoms with van der Waals surface area (Å²) in [5.74, 6) is 0.537. The van der Waals surface area contributed by atoms with Gasteiger partial charge in [0.25, 0.3) is 5.91 Å². The first kappa shape index (κ1) is 19.7. The van der Waals surface area contributed by atoms with Gasteiger partial charge in [0, 0.05) is 24.5 Å². The maximum Gasteiger partial charge on any atom is 0.304 e. The fourth-order valence-electron chi connectivity index (χ4n) is 6.91. The number of nitrogens with zero attached hydrogens (tertiary/aromatic N) is 3. The second kappa shape index (κ2) is 6.51. The standard InChI is InChI=1S/C22H27FN4O3S/c1-13-17-8-18(21(28)25-31(29,30)26-3-2-4-26)19(23)9-20(17)27(24-13)22-10-14-5-15(11-22)7-16(6-14)12-22/h8-9,14-16H,2-7,10-12H2,1H3,(H,25,28). The molecule has 1 aliphatic heterocycles. The van der Waals surface area contributed by atoms with Crippen molar-refractivity contribution in [3.63, 3.8) is 0 Å². The van der Waals surface area contributed by atoms with Gasteiger partial charge in [-0.25, -0.2) is 9.11 Å². The van der Waals surface area contributed by atoms with Crippen LogP contribution in [-0.2, 0) is 15.7 Å². The predicted molar refractivity (Wildman–Crippen MR) is 113 cm³/mol. The summed E-state index contributed by atoms with van der Waals surface area (Å²) in [6, 6.07) is 2.84. The van der Waals surface area contributed by atoms with Crippen LogP contribution in [0.3, 0.4) is 0 Å². The molecule has 1 N–H and O–H groups in total. The number of fused-ring (bicyclic) bond motifs is 1. The van der Waals surface area contributed by atoms with Crippen molar-refractivity contribution in [2.24, 2.45) is 17.8 Å². The highest BCUT2D eigenvalue weighted by atomic mass is 32.2. The molecule has 31 heavy (non-hydrogen) atoms. The van der Waals surface area contributed by atoms with Gasteiger partial charge in [0.1, 0.15) is 5.82 Å². The SMILES string of the molecule is Cc1nn(C23CC4CC(CC(C4)C2)C3)c2cc(F)c(C(=O)NS(=O)(=O)N3CCC3)cc12. The fourth-order valence-corrected chi connectivity index (χ4v) is 8.12. The zero-order valence-corrected chi connectivity index (χ0v) is 18.4. The molecule has 1 saturated heterocycles. The van der Waals surface area contributed by atoms with Gasteiger partial charge in [0.15, 0.2) is 0 Å². The Hall–Kier alpha value is -2.00. The monoisotopic (exact) mass is 446 g/mol. The smallest absolute Gasteiger partial charge is 0.268 e. The summed E-state index contributed by atoms with van der Waals surface area (Å²) in [6.45, 7) is 2.62. The Morgan fingerprint density at radius 3 is 2.29 bits per heavy atom. The van der Waals surface area contributed by atoms with E-state index in [2.05, 4.69) is 0 Å². The molecule has 4 bridgehead atoms. The van der Waals surface area contributed by atoms with Crippen LogP contribution in [0.5, 0.6) is 0 Å². The van der Waals surface area contributed by atoms with E-state index in [1.54, 1.807) is 0 Å². The second-order valence-corrected chi connectivity index (χ2v) is 11.8. The van der Waals surface area contributed by atoms with Gasteiger partial charge in [-0.05, 0) is 75.7 Å².